The van der Waals surface area contributed by atoms with E-state index in [2.05, 4.69) is 5.10 Å². The Balaban J connectivity index is 1.93. The van der Waals surface area contributed by atoms with E-state index in [1.807, 2.05) is 35.9 Å². The van der Waals surface area contributed by atoms with Crippen LogP contribution in [0.3, 0.4) is 0 Å². The van der Waals surface area contributed by atoms with Crippen molar-refractivity contribution in [3.8, 4) is 17.1 Å². The zero-order chi connectivity index (χ0) is 18.8. The van der Waals surface area contributed by atoms with Crippen molar-refractivity contribution in [3.63, 3.8) is 0 Å². The summed E-state index contributed by atoms with van der Waals surface area (Å²) >= 11 is 5.52. The molecule has 1 saturated heterocycles. The number of para-hydroxylation sites is 1. The minimum atomic E-state index is -0.541. The number of quaternary nitrogens is 1. The monoisotopic (exact) mass is 379 g/mol. The number of ether oxygens (including phenoxy) is 2. The van der Waals surface area contributed by atoms with Crippen molar-refractivity contribution in [1.29, 1.82) is 0 Å². The number of nitrogens with zero attached hydrogens (tertiary/aromatic N) is 3. The quantitative estimate of drug-likeness (QED) is 0.552. The summed E-state index contributed by atoms with van der Waals surface area (Å²) in [5.74, 6) is 1.06. The molecule has 1 unspecified atom stereocenters. The van der Waals surface area contributed by atoms with E-state index in [1.165, 1.54) is 7.11 Å². The third-order valence-corrected chi connectivity index (χ3v) is 5.21. The zero-order valence-electron chi connectivity index (χ0n) is 15.0. The lowest BCUT2D eigenvalue weighted by atomic mass is 10.2. The Morgan fingerprint density at radius 2 is 2.15 bits per heavy atom. The molecule has 2 heterocycles. The number of esters is 1. The average molecular weight is 379 g/mol. The van der Waals surface area contributed by atoms with Crippen LogP contribution in [0.5, 0.6) is 5.75 Å². The number of rotatable bonds is 5. The number of benzene rings is 1. The summed E-state index contributed by atoms with van der Waals surface area (Å²) in [6.45, 7) is 0.820. The van der Waals surface area contributed by atoms with Gasteiger partial charge in [-0.1, -0.05) is 12.1 Å². The second-order valence-corrected chi connectivity index (χ2v) is 6.72. The third kappa shape index (κ3) is 3.37. The molecule has 2 aromatic rings. The fraction of sp³-hybridized carbons (Fsp3) is 0.471. The first-order chi connectivity index (χ1) is 12.5. The summed E-state index contributed by atoms with van der Waals surface area (Å²) in [6.07, 6.45) is -0.165. The molecule has 2 N–H and O–H groups in total. The molecule has 0 spiro atoms. The van der Waals surface area contributed by atoms with Crippen molar-refractivity contribution < 1.29 is 24.3 Å². The van der Waals surface area contributed by atoms with Crippen LogP contribution in [0.2, 0.25) is 0 Å². The minimum absolute atomic E-state index is 0.330. The molecular formula is C17H23N4O4S+. The summed E-state index contributed by atoms with van der Waals surface area (Å²) in [6, 6.07) is 7.17. The largest absolute Gasteiger partial charge is 0.496 e. The van der Waals surface area contributed by atoms with Crippen LogP contribution in [-0.4, -0.2) is 58.3 Å². The lowest BCUT2D eigenvalue weighted by Crippen LogP contribution is -3.14. The van der Waals surface area contributed by atoms with Gasteiger partial charge in [0.15, 0.2) is 18.5 Å². The molecule has 140 valence electrons. The molecule has 9 heteroatoms. The Hall–Kier alpha value is -2.23. The highest BCUT2D eigenvalue weighted by atomic mass is 32.1. The first-order valence-corrected chi connectivity index (χ1v) is 8.74. The standard InChI is InChI=1S/C17H22N4O4S/c1-19-15(12-6-4-5-7-14(12)24-2)18-21(17(19)26)10-20-9-11(22)8-13(20)16(23)25-3/h4-7,11,13,22H,8-10H2,1-3H3/p+1/t11-,13-/m0/s1. The molecular weight excluding hydrogens is 356 g/mol. The molecule has 26 heavy (non-hydrogen) atoms. The highest BCUT2D eigenvalue weighted by Crippen LogP contribution is 2.27. The Morgan fingerprint density at radius 3 is 2.85 bits per heavy atom. The van der Waals surface area contributed by atoms with Crippen molar-refractivity contribution >= 4 is 18.2 Å². The van der Waals surface area contributed by atoms with Gasteiger partial charge in [0.1, 0.15) is 18.4 Å². The van der Waals surface area contributed by atoms with Gasteiger partial charge in [-0.3, -0.25) is 0 Å². The summed E-state index contributed by atoms with van der Waals surface area (Å²) in [7, 11) is 4.82. The molecule has 8 nitrogen and oxygen atoms in total. The number of aliphatic hydroxyl groups is 1. The smallest absolute Gasteiger partial charge is 0.364 e. The van der Waals surface area contributed by atoms with Gasteiger partial charge >= 0.3 is 5.97 Å². The summed E-state index contributed by atoms with van der Waals surface area (Å²) in [4.78, 5) is 12.9. The molecule has 1 aromatic heterocycles. The number of nitrogens with one attached hydrogen (secondary N) is 1. The van der Waals surface area contributed by atoms with Crippen LogP contribution in [0, 0.1) is 4.77 Å². The first kappa shape index (κ1) is 18.6. The van der Waals surface area contributed by atoms with E-state index < -0.39 is 12.1 Å². The topological polar surface area (TPSA) is 82.9 Å². The minimum Gasteiger partial charge on any atom is -0.496 e. The van der Waals surface area contributed by atoms with Gasteiger partial charge in [-0.15, -0.1) is 5.10 Å². The van der Waals surface area contributed by atoms with Gasteiger partial charge in [0.2, 0.25) is 4.77 Å². The van der Waals surface area contributed by atoms with Crippen LogP contribution >= 0.6 is 12.2 Å². The van der Waals surface area contributed by atoms with Gasteiger partial charge in [-0.2, -0.15) is 4.68 Å². The second-order valence-electron chi connectivity index (χ2n) is 6.35. The molecule has 3 rings (SSSR count). The highest BCUT2D eigenvalue weighted by Gasteiger charge is 2.41. The van der Waals surface area contributed by atoms with E-state index in [1.54, 1.807) is 11.8 Å². The fourth-order valence-electron chi connectivity index (χ4n) is 3.39. The van der Waals surface area contributed by atoms with E-state index in [9.17, 15) is 9.90 Å². The molecule has 0 radical (unpaired) electrons. The van der Waals surface area contributed by atoms with Gasteiger partial charge in [-0.25, -0.2) is 4.79 Å². The van der Waals surface area contributed by atoms with E-state index >= 15 is 0 Å². The average Bonchev–Trinajstić information content (AvgIpc) is 3.15. The second kappa shape index (κ2) is 7.56. The molecule has 0 bridgehead atoms. The maximum Gasteiger partial charge on any atom is 0.364 e. The van der Waals surface area contributed by atoms with Crippen molar-refractivity contribution in [2.75, 3.05) is 20.8 Å². The van der Waals surface area contributed by atoms with Gasteiger partial charge in [-0.05, 0) is 24.4 Å². The van der Waals surface area contributed by atoms with Crippen LogP contribution in [0.25, 0.3) is 11.4 Å². The predicted octanol–water partition coefficient (Wildman–Crippen LogP) is -0.225. The van der Waals surface area contributed by atoms with E-state index in [0.29, 0.717) is 36.0 Å². The number of aliphatic hydroxyl groups excluding tert-OH is 1. The maximum atomic E-state index is 12.0. The molecule has 1 fully saturated rings. The molecule has 1 aliphatic heterocycles. The van der Waals surface area contributed by atoms with Crippen LogP contribution in [0.1, 0.15) is 6.42 Å². The molecule has 0 amide bonds. The van der Waals surface area contributed by atoms with Crippen LogP contribution in [0.4, 0.5) is 0 Å². The Morgan fingerprint density at radius 1 is 1.42 bits per heavy atom. The Bertz CT molecular complexity index is 863. The Labute approximate surface area is 156 Å². The number of carbonyl (C=O) groups excluding carboxylic acids is 1. The van der Waals surface area contributed by atoms with Crippen molar-refractivity contribution in [3.05, 3.63) is 29.0 Å². The number of methoxy groups -OCH3 is 2. The number of aromatic nitrogens is 3. The molecule has 1 aliphatic rings. The number of likely N-dealkylation sites (tertiary alicyclic amines) is 1. The molecule has 1 aromatic carbocycles. The number of hydrogen-bond donors (Lipinski definition) is 2. The molecule has 0 aliphatic carbocycles. The van der Waals surface area contributed by atoms with Crippen molar-refractivity contribution in [2.45, 2.75) is 25.2 Å². The summed E-state index contributed by atoms with van der Waals surface area (Å²) < 4.78 is 14.3. The Kier molecular flexibility index (Phi) is 5.40. The normalized spacial score (nSPS) is 22.4. The van der Waals surface area contributed by atoms with Crippen LogP contribution in [-0.2, 0) is 23.2 Å². The SMILES string of the molecule is COC(=O)[C@@H]1C[C@H](O)C[NH+]1Cn1nc(-c2ccccc2OC)n(C)c1=S. The highest BCUT2D eigenvalue weighted by molar-refractivity contribution is 7.71. The first-order valence-electron chi connectivity index (χ1n) is 8.34. The van der Waals surface area contributed by atoms with Crippen molar-refractivity contribution in [1.82, 2.24) is 14.3 Å². The molecule has 3 atom stereocenters. The third-order valence-electron chi connectivity index (χ3n) is 4.73. The lowest BCUT2D eigenvalue weighted by molar-refractivity contribution is -0.928. The van der Waals surface area contributed by atoms with E-state index in [-0.39, 0.29) is 5.97 Å². The van der Waals surface area contributed by atoms with Crippen molar-refractivity contribution in [2.24, 2.45) is 7.05 Å². The molecule has 0 saturated carbocycles. The van der Waals surface area contributed by atoms with Crippen LogP contribution in [0.15, 0.2) is 24.3 Å². The van der Waals surface area contributed by atoms with Gasteiger partial charge < -0.3 is 24.0 Å². The maximum absolute atomic E-state index is 12.0. The fourth-order valence-corrected chi connectivity index (χ4v) is 3.59. The van der Waals surface area contributed by atoms with Gasteiger partial charge in [0.05, 0.1) is 19.8 Å². The lowest BCUT2D eigenvalue weighted by Gasteiger charge is -2.18. The summed E-state index contributed by atoms with van der Waals surface area (Å²) in [5.41, 5.74) is 0.836. The zero-order valence-corrected chi connectivity index (χ0v) is 15.8. The predicted molar refractivity (Wildman–Crippen MR) is 96.3 cm³/mol. The van der Waals surface area contributed by atoms with E-state index in [4.69, 9.17) is 21.7 Å². The summed E-state index contributed by atoms with van der Waals surface area (Å²) in [5, 5.41) is 14.6. The van der Waals surface area contributed by atoms with Gasteiger partial charge in [0, 0.05) is 13.5 Å². The number of hydrogen-bond acceptors (Lipinski definition) is 6. The number of carbonyl (C=O) groups is 1. The van der Waals surface area contributed by atoms with Gasteiger partial charge in [0.25, 0.3) is 0 Å². The van der Waals surface area contributed by atoms with Crippen LogP contribution < -0.4 is 9.64 Å². The van der Waals surface area contributed by atoms with E-state index in [0.717, 1.165) is 10.5 Å².